The molecule has 2 N–H and O–H groups in total. The van der Waals surface area contributed by atoms with E-state index < -0.39 is 5.97 Å². The van der Waals surface area contributed by atoms with E-state index in [1.54, 1.807) is 11.8 Å². The quantitative estimate of drug-likeness (QED) is 0.778. The maximum Gasteiger partial charge on any atom is 0.303 e. The number of hydrogen-bond acceptors (Lipinski definition) is 3. The van der Waals surface area contributed by atoms with Crippen molar-refractivity contribution in [3.8, 4) is 0 Å². The van der Waals surface area contributed by atoms with Gasteiger partial charge < -0.3 is 10.4 Å². The van der Waals surface area contributed by atoms with Crippen molar-refractivity contribution in [2.24, 2.45) is 0 Å². The van der Waals surface area contributed by atoms with Crippen molar-refractivity contribution >= 4 is 29.3 Å². The smallest absolute Gasteiger partial charge is 0.303 e. The highest BCUT2D eigenvalue weighted by Gasteiger charge is 2.06. The van der Waals surface area contributed by atoms with Crippen LogP contribution in [0, 0.1) is 0 Å². The summed E-state index contributed by atoms with van der Waals surface area (Å²) in [5.41, 5.74) is 0.693. The van der Waals surface area contributed by atoms with Gasteiger partial charge in [0.05, 0.1) is 6.42 Å². The summed E-state index contributed by atoms with van der Waals surface area (Å²) >= 11 is 1.75. The molecule has 1 rings (SSSR count). The summed E-state index contributed by atoms with van der Waals surface area (Å²) in [7, 11) is 0. The lowest BCUT2D eigenvalue weighted by molar-refractivity contribution is -0.138. The van der Waals surface area contributed by atoms with Gasteiger partial charge in [0, 0.05) is 22.3 Å². The Kier molecular flexibility index (Phi) is 5.71. The number of nitrogens with one attached hydrogen (secondary N) is 1. The van der Waals surface area contributed by atoms with E-state index in [2.05, 4.69) is 19.2 Å². The third-order valence-electron chi connectivity index (χ3n) is 2.08. The first kappa shape index (κ1) is 14.6. The Bertz CT molecular complexity index is 415. The second kappa shape index (κ2) is 7.06. The number of thioether (sulfide) groups is 1. The van der Waals surface area contributed by atoms with E-state index in [1.165, 1.54) is 0 Å². The molecule has 1 aromatic carbocycles. The standard InChI is InChI=1S/C13H17NO3S/c1-9(2)18-11-5-3-10(4-6-11)14-12(15)7-8-13(16)17/h3-6,9H,7-8H2,1-2H3,(H,14,15)(H,16,17). The van der Waals surface area contributed by atoms with Crippen LogP contribution < -0.4 is 5.32 Å². The second-order valence-electron chi connectivity index (χ2n) is 4.13. The second-order valence-corrected chi connectivity index (χ2v) is 5.78. The van der Waals surface area contributed by atoms with Gasteiger partial charge in [0.25, 0.3) is 0 Å². The molecule has 0 aliphatic heterocycles. The minimum absolute atomic E-state index is 0.00215. The minimum atomic E-state index is -0.964. The zero-order valence-electron chi connectivity index (χ0n) is 10.5. The average Bonchev–Trinajstić information content (AvgIpc) is 2.28. The van der Waals surface area contributed by atoms with Crippen LogP contribution >= 0.6 is 11.8 Å². The third kappa shape index (κ3) is 5.72. The molecule has 0 atom stereocenters. The molecule has 0 aliphatic carbocycles. The zero-order valence-corrected chi connectivity index (χ0v) is 11.3. The number of rotatable bonds is 6. The molecule has 0 saturated carbocycles. The van der Waals surface area contributed by atoms with Crippen molar-refractivity contribution in [3.63, 3.8) is 0 Å². The van der Waals surface area contributed by atoms with Gasteiger partial charge in [-0.2, -0.15) is 0 Å². The lowest BCUT2D eigenvalue weighted by Gasteiger charge is -2.07. The van der Waals surface area contributed by atoms with Gasteiger partial charge >= 0.3 is 5.97 Å². The van der Waals surface area contributed by atoms with Gasteiger partial charge in [0.15, 0.2) is 0 Å². The van der Waals surface area contributed by atoms with E-state index in [1.807, 2.05) is 24.3 Å². The van der Waals surface area contributed by atoms with E-state index in [9.17, 15) is 9.59 Å². The molecule has 0 spiro atoms. The highest BCUT2D eigenvalue weighted by Crippen LogP contribution is 2.24. The van der Waals surface area contributed by atoms with Crippen molar-refractivity contribution in [1.29, 1.82) is 0 Å². The molecule has 0 aliphatic rings. The van der Waals surface area contributed by atoms with E-state index >= 15 is 0 Å². The van der Waals surface area contributed by atoms with E-state index in [0.717, 1.165) is 4.90 Å². The molecule has 0 aromatic heterocycles. The van der Waals surface area contributed by atoms with Crippen molar-refractivity contribution in [2.45, 2.75) is 36.8 Å². The van der Waals surface area contributed by atoms with Crippen LogP contribution in [0.1, 0.15) is 26.7 Å². The molecule has 4 nitrogen and oxygen atoms in total. The van der Waals surface area contributed by atoms with Crippen molar-refractivity contribution in [3.05, 3.63) is 24.3 Å². The summed E-state index contributed by atoms with van der Waals surface area (Å²) in [6.07, 6.45) is -0.148. The number of hydrogen-bond donors (Lipinski definition) is 2. The molecule has 5 heteroatoms. The van der Waals surface area contributed by atoms with Gasteiger partial charge in [-0.15, -0.1) is 11.8 Å². The van der Waals surface area contributed by atoms with Gasteiger partial charge in [-0.25, -0.2) is 0 Å². The molecule has 0 bridgehead atoms. The minimum Gasteiger partial charge on any atom is -0.481 e. The fraction of sp³-hybridized carbons (Fsp3) is 0.385. The molecule has 0 saturated heterocycles. The fourth-order valence-electron chi connectivity index (χ4n) is 1.33. The van der Waals surface area contributed by atoms with Crippen LogP contribution in [0.25, 0.3) is 0 Å². The lowest BCUT2D eigenvalue weighted by atomic mass is 10.2. The molecule has 1 amide bonds. The highest BCUT2D eigenvalue weighted by atomic mass is 32.2. The van der Waals surface area contributed by atoms with Crippen LogP contribution in [-0.4, -0.2) is 22.2 Å². The molecule has 18 heavy (non-hydrogen) atoms. The molecule has 0 radical (unpaired) electrons. The van der Waals surface area contributed by atoms with Crippen LogP contribution in [0.15, 0.2) is 29.2 Å². The number of aliphatic carboxylic acids is 1. The monoisotopic (exact) mass is 267 g/mol. The Balaban J connectivity index is 2.48. The largest absolute Gasteiger partial charge is 0.481 e. The summed E-state index contributed by atoms with van der Waals surface area (Å²) in [6, 6.07) is 7.53. The van der Waals surface area contributed by atoms with Gasteiger partial charge in [0.2, 0.25) is 5.91 Å². The molecular formula is C13H17NO3S. The average molecular weight is 267 g/mol. The van der Waals surface area contributed by atoms with E-state index in [4.69, 9.17) is 5.11 Å². The van der Waals surface area contributed by atoms with Crippen LogP contribution in [-0.2, 0) is 9.59 Å². The van der Waals surface area contributed by atoms with Crippen LogP contribution in [0.4, 0.5) is 5.69 Å². The Hall–Kier alpha value is -1.49. The van der Waals surface area contributed by atoms with Crippen LogP contribution in [0.2, 0.25) is 0 Å². The Morgan fingerprint density at radius 1 is 1.22 bits per heavy atom. The number of carboxylic acids is 1. The normalized spacial score (nSPS) is 10.4. The summed E-state index contributed by atoms with van der Waals surface area (Å²) in [6.45, 7) is 4.23. The summed E-state index contributed by atoms with van der Waals surface area (Å²) in [4.78, 5) is 22.9. The summed E-state index contributed by atoms with van der Waals surface area (Å²) in [5.74, 6) is -1.24. The Morgan fingerprint density at radius 2 is 1.83 bits per heavy atom. The first-order chi connectivity index (χ1) is 8.47. The van der Waals surface area contributed by atoms with Crippen LogP contribution in [0.3, 0.4) is 0 Å². The molecular weight excluding hydrogens is 250 g/mol. The first-order valence-electron chi connectivity index (χ1n) is 5.75. The number of benzene rings is 1. The maximum absolute atomic E-state index is 11.4. The third-order valence-corrected chi connectivity index (χ3v) is 3.09. The molecule has 1 aromatic rings. The maximum atomic E-state index is 11.4. The summed E-state index contributed by atoms with van der Waals surface area (Å²) in [5, 5.41) is 11.6. The zero-order chi connectivity index (χ0) is 13.5. The SMILES string of the molecule is CC(C)Sc1ccc(NC(=O)CCC(=O)O)cc1. The van der Waals surface area contributed by atoms with Gasteiger partial charge in [-0.3, -0.25) is 9.59 Å². The number of carbonyl (C=O) groups is 2. The topological polar surface area (TPSA) is 66.4 Å². The Morgan fingerprint density at radius 3 is 2.33 bits per heavy atom. The fourth-order valence-corrected chi connectivity index (χ4v) is 2.17. The van der Waals surface area contributed by atoms with E-state index in [-0.39, 0.29) is 18.7 Å². The van der Waals surface area contributed by atoms with Gasteiger partial charge in [-0.05, 0) is 24.3 Å². The molecule has 98 valence electrons. The van der Waals surface area contributed by atoms with Crippen molar-refractivity contribution in [2.75, 3.05) is 5.32 Å². The number of carboxylic acid groups (broad SMARTS) is 1. The Labute approximate surface area is 111 Å². The van der Waals surface area contributed by atoms with Gasteiger partial charge in [0.1, 0.15) is 0 Å². The number of amides is 1. The molecule has 0 unspecified atom stereocenters. The predicted octanol–water partition coefficient (Wildman–Crippen LogP) is 2.99. The molecule has 0 fully saturated rings. The number of anilines is 1. The van der Waals surface area contributed by atoms with Crippen molar-refractivity contribution in [1.82, 2.24) is 0 Å². The van der Waals surface area contributed by atoms with Crippen LogP contribution in [0.5, 0.6) is 0 Å². The summed E-state index contributed by atoms with van der Waals surface area (Å²) < 4.78 is 0. The van der Waals surface area contributed by atoms with Crippen molar-refractivity contribution < 1.29 is 14.7 Å². The first-order valence-corrected chi connectivity index (χ1v) is 6.63. The molecule has 0 heterocycles. The lowest BCUT2D eigenvalue weighted by Crippen LogP contribution is -2.13. The number of carbonyl (C=O) groups excluding carboxylic acids is 1. The highest BCUT2D eigenvalue weighted by molar-refractivity contribution is 7.99. The van der Waals surface area contributed by atoms with E-state index in [0.29, 0.717) is 10.9 Å². The van der Waals surface area contributed by atoms with Gasteiger partial charge in [-0.1, -0.05) is 13.8 Å². The predicted molar refractivity (Wildman–Crippen MR) is 72.9 cm³/mol.